The number of primary amides is 1. The summed E-state index contributed by atoms with van der Waals surface area (Å²) >= 11 is 0. The van der Waals surface area contributed by atoms with Gasteiger partial charge in [0.15, 0.2) is 0 Å². The molecule has 0 saturated carbocycles. The number of benzene rings is 3. The molecule has 0 radical (unpaired) electrons. The Morgan fingerprint density at radius 1 is 1.05 bits per heavy atom. The van der Waals surface area contributed by atoms with Crippen LogP contribution < -0.4 is 10.5 Å². The average Bonchev–Trinajstić information content (AvgIpc) is 3.52. The fraction of sp³-hybridized carbons (Fsp3) is 0.281. The van der Waals surface area contributed by atoms with Crippen molar-refractivity contribution in [2.45, 2.75) is 45.8 Å². The maximum absolute atomic E-state index is 11.9. The molecular weight excluding hydrogens is 502 g/mol. The maximum Gasteiger partial charge on any atom is 0.248 e. The summed E-state index contributed by atoms with van der Waals surface area (Å²) in [5.74, 6) is 0.993. The number of imidazole rings is 1. The minimum Gasteiger partial charge on any atom is -0.493 e. The lowest BCUT2D eigenvalue weighted by atomic mass is 10.0. The Bertz CT molecular complexity index is 1650. The van der Waals surface area contributed by atoms with E-state index in [1.807, 2.05) is 68.7 Å². The van der Waals surface area contributed by atoms with Gasteiger partial charge in [0.2, 0.25) is 5.91 Å². The van der Waals surface area contributed by atoms with E-state index in [4.69, 9.17) is 20.6 Å². The zero-order chi connectivity index (χ0) is 28.4. The van der Waals surface area contributed by atoms with Gasteiger partial charge in [0, 0.05) is 35.5 Å². The van der Waals surface area contributed by atoms with Crippen LogP contribution >= 0.6 is 0 Å². The van der Waals surface area contributed by atoms with E-state index in [2.05, 4.69) is 24.5 Å². The van der Waals surface area contributed by atoms with Gasteiger partial charge in [-0.05, 0) is 42.2 Å². The Kier molecular flexibility index (Phi) is 7.71. The Morgan fingerprint density at radius 2 is 1.82 bits per heavy atom. The molecule has 1 amide bonds. The number of rotatable bonds is 10. The molecule has 1 unspecified atom stereocenters. The van der Waals surface area contributed by atoms with Crippen molar-refractivity contribution in [3.63, 3.8) is 0 Å². The Morgan fingerprint density at radius 3 is 2.52 bits per heavy atom. The van der Waals surface area contributed by atoms with E-state index >= 15 is 0 Å². The predicted molar refractivity (Wildman–Crippen MR) is 157 cm³/mol. The molecule has 8 heteroatoms. The molecule has 5 rings (SSSR count). The summed E-state index contributed by atoms with van der Waals surface area (Å²) < 4.78 is 9.94. The van der Waals surface area contributed by atoms with Crippen molar-refractivity contribution in [2.75, 3.05) is 6.61 Å². The molecular formula is C32H35N5O3. The van der Waals surface area contributed by atoms with Crippen LogP contribution in [0.15, 0.2) is 72.9 Å². The first kappa shape index (κ1) is 27.1. The molecule has 206 valence electrons. The van der Waals surface area contributed by atoms with Gasteiger partial charge in [-0.3, -0.25) is 9.48 Å². The van der Waals surface area contributed by atoms with E-state index in [-0.39, 0.29) is 5.92 Å². The Balaban J connectivity index is 1.61. The second-order valence-electron chi connectivity index (χ2n) is 10.3. The summed E-state index contributed by atoms with van der Waals surface area (Å²) in [7, 11) is 2.01. The van der Waals surface area contributed by atoms with Crippen LogP contribution in [0.2, 0.25) is 0 Å². The molecule has 1 atom stereocenters. The molecule has 0 fully saturated rings. The standard InChI is InChI=1S/C32H35N5O3/c1-5-16-40-28-17-22(31(33)39)14-15-24(28)32-34-29(30(20(2)3)36(32)4)23-12-9-13-26-25(23)18-37(35-26)19-27(38)21-10-7-6-8-11-21/h6-15,17-18,20,27,38H,5,16,19H2,1-4H3,(H2,33,39). The van der Waals surface area contributed by atoms with Crippen LogP contribution in [0.3, 0.4) is 0 Å². The van der Waals surface area contributed by atoms with Gasteiger partial charge in [0.1, 0.15) is 11.6 Å². The Labute approximate surface area is 234 Å². The van der Waals surface area contributed by atoms with E-state index in [0.29, 0.717) is 24.5 Å². The zero-order valence-corrected chi connectivity index (χ0v) is 23.3. The number of fused-ring (bicyclic) bond motifs is 1. The van der Waals surface area contributed by atoms with Gasteiger partial charge < -0.3 is 20.1 Å². The summed E-state index contributed by atoms with van der Waals surface area (Å²) in [6.07, 6.45) is 2.14. The molecule has 40 heavy (non-hydrogen) atoms. The molecule has 0 aliphatic rings. The van der Waals surface area contributed by atoms with Crippen molar-refractivity contribution in [3.05, 3.63) is 89.7 Å². The van der Waals surface area contributed by atoms with Crippen LogP contribution in [0.4, 0.5) is 0 Å². The third-order valence-corrected chi connectivity index (χ3v) is 7.05. The minimum atomic E-state index is -0.670. The molecule has 3 aromatic carbocycles. The molecule has 0 bridgehead atoms. The summed E-state index contributed by atoms with van der Waals surface area (Å²) in [5.41, 5.74) is 11.3. The van der Waals surface area contributed by atoms with Crippen molar-refractivity contribution in [2.24, 2.45) is 12.8 Å². The third kappa shape index (κ3) is 5.22. The number of nitrogens with zero attached hydrogens (tertiary/aromatic N) is 4. The van der Waals surface area contributed by atoms with E-state index in [0.717, 1.165) is 51.2 Å². The summed E-state index contributed by atoms with van der Waals surface area (Å²) in [6.45, 7) is 7.18. The highest BCUT2D eigenvalue weighted by Crippen LogP contribution is 2.39. The van der Waals surface area contributed by atoms with Crippen molar-refractivity contribution < 1.29 is 14.6 Å². The fourth-order valence-electron chi connectivity index (χ4n) is 5.15. The summed E-state index contributed by atoms with van der Waals surface area (Å²) in [5, 5.41) is 16.5. The molecule has 0 aliphatic carbocycles. The summed E-state index contributed by atoms with van der Waals surface area (Å²) in [4.78, 5) is 17.0. The number of aromatic nitrogens is 4. The first-order valence-electron chi connectivity index (χ1n) is 13.6. The molecule has 2 aromatic heterocycles. The molecule has 3 N–H and O–H groups in total. The number of carbonyl (C=O) groups is 1. The molecule has 5 aromatic rings. The number of aliphatic hydroxyl groups is 1. The number of ether oxygens (including phenoxy) is 1. The van der Waals surface area contributed by atoms with Crippen molar-refractivity contribution in [1.29, 1.82) is 0 Å². The monoisotopic (exact) mass is 537 g/mol. The quantitative estimate of drug-likeness (QED) is 0.232. The topological polar surface area (TPSA) is 108 Å². The molecule has 2 heterocycles. The number of carbonyl (C=O) groups excluding carboxylic acids is 1. The van der Waals surface area contributed by atoms with E-state index in [1.165, 1.54) is 0 Å². The van der Waals surface area contributed by atoms with Gasteiger partial charge in [-0.2, -0.15) is 5.10 Å². The smallest absolute Gasteiger partial charge is 0.248 e. The SMILES string of the molecule is CCCOc1cc(C(N)=O)ccc1-c1nc(-c2cccc3nn(CC(O)c4ccccc4)cc23)c(C(C)C)n1C. The second-order valence-corrected chi connectivity index (χ2v) is 10.3. The largest absolute Gasteiger partial charge is 0.493 e. The van der Waals surface area contributed by atoms with Gasteiger partial charge in [0.25, 0.3) is 0 Å². The van der Waals surface area contributed by atoms with E-state index in [1.54, 1.807) is 16.8 Å². The molecule has 0 saturated heterocycles. The highest BCUT2D eigenvalue weighted by Gasteiger charge is 2.24. The number of aliphatic hydroxyl groups excluding tert-OH is 1. The molecule has 0 spiro atoms. The third-order valence-electron chi connectivity index (χ3n) is 7.05. The van der Waals surface area contributed by atoms with Gasteiger partial charge in [-0.1, -0.05) is 63.2 Å². The normalized spacial score (nSPS) is 12.2. The van der Waals surface area contributed by atoms with Crippen LogP contribution in [-0.2, 0) is 13.6 Å². The minimum absolute atomic E-state index is 0.177. The lowest BCUT2D eigenvalue weighted by Crippen LogP contribution is -2.11. The molecule has 8 nitrogen and oxygen atoms in total. The number of nitrogens with two attached hydrogens (primary N) is 1. The second kappa shape index (κ2) is 11.4. The van der Waals surface area contributed by atoms with Crippen LogP contribution in [0.25, 0.3) is 33.5 Å². The first-order valence-corrected chi connectivity index (χ1v) is 13.6. The van der Waals surface area contributed by atoms with E-state index < -0.39 is 12.0 Å². The highest BCUT2D eigenvalue weighted by molar-refractivity contribution is 5.95. The lowest BCUT2D eigenvalue weighted by Gasteiger charge is -2.14. The zero-order valence-electron chi connectivity index (χ0n) is 23.3. The average molecular weight is 538 g/mol. The van der Waals surface area contributed by atoms with Crippen LogP contribution in [0.1, 0.15) is 60.8 Å². The first-order chi connectivity index (χ1) is 19.3. The summed E-state index contributed by atoms with van der Waals surface area (Å²) in [6, 6.07) is 20.9. The van der Waals surface area contributed by atoms with E-state index in [9.17, 15) is 9.90 Å². The van der Waals surface area contributed by atoms with Crippen LogP contribution in [-0.4, -0.2) is 37.0 Å². The van der Waals surface area contributed by atoms with Crippen LogP contribution in [0, 0.1) is 0 Å². The van der Waals surface area contributed by atoms with Crippen LogP contribution in [0.5, 0.6) is 5.75 Å². The van der Waals surface area contributed by atoms with Gasteiger partial charge in [0.05, 0.1) is 36.0 Å². The van der Waals surface area contributed by atoms with Crippen molar-refractivity contribution in [3.8, 4) is 28.4 Å². The predicted octanol–water partition coefficient (Wildman–Crippen LogP) is 5.85. The Hall–Kier alpha value is -4.43. The number of hydrogen-bond donors (Lipinski definition) is 2. The fourth-order valence-corrected chi connectivity index (χ4v) is 5.15. The lowest BCUT2D eigenvalue weighted by molar-refractivity contribution is 0.1000. The van der Waals surface area contributed by atoms with Crippen molar-refractivity contribution in [1.82, 2.24) is 19.3 Å². The van der Waals surface area contributed by atoms with Gasteiger partial charge >= 0.3 is 0 Å². The van der Waals surface area contributed by atoms with Gasteiger partial charge in [-0.25, -0.2) is 4.98 Å². The molecule has 0 aliphatic heterocycles. The number of hydrogen-bond acceptors (Lipinski definition) is 5. The van der Waals surface area contributed by atoms with Crippen molar-refractivity contribution >= 4 is 16.8 Å². The van der Waals surface area contributed by atoms with Gasteiger partial charge in [-0.15, -0.1) is 0 Å². The highest BCUT2D eigenvalue weighted by atomic mass is 16.5. The maximum atomic E-state index is 11.9. The number of amides is 1.